The Morgan fingerprint density at radius 2 is 1.90 bits per heavy atom. The topological polar surface area (TPSA) is 106 Å². The second-order valence-electron chi connectivity index (χ2n) is 6.43. The third kappa shape index (κ3) is 4.86. The fourth-order valence-electron chi connectivity index (χ4n) is 2.94. The van der Waals surface area contributed by atoms with Crippen LogP contribution in [0.2, 0.25) is 0 Å². The highest BCUT2D eigenvalue weighted by Gasteiger charge is 2.43. The zero-order valence-electron chi connectivity index (χ0n) is 15.9. The molecule has 1 aliphatic heterocycles. The highest BCUT2D eigenvalue weighted by molar-refractivity contribution is 7.99. The van der Waals surface area contributed by atoms with Gasteiger partial charge in [0.1, 0.15) is 17.2 Å². The predicted octanol–water partition coefficient (Wildman–Crippen LogP) is 2.63. The van der Waals surface area contributed by atoms with Crippen LogP contribution in [-0.4, -0.2) is 46.9 Å². The van der Waals surface area contributed by atoms with Gasteiger partial charge in [0.05, 0.1) is 6.26 Å². The van der Waals surface area contributed by atoms with Crippen molar-refractivity contribution in [2.75, 3.05) is 17.7 Å². The minimum atomic E-state index is -0.796. The Labute approximate surface area is 171 Å². The van der Waals surface area contributed by atoms with Crippen molar-refractivity contribution >= 4 is 41.0 Å². The van der Waals surface area contributed by atoms with E-state index in [0.717, 1.165) is 0 Å². The second-order valence-corrected chi connectivity index (χ2v) is 7.55. The fraction of sp³-hybridized carbons (Fsp3) is 0.300. The number of thioether (sulfide) groups is 1. The number of anilines is 1. The molecule has 29 heavy (non-hydrogen) atoms. The number of Topliss-reactive ketones (excluding diaryl/α,β-unsaturated/α-hetero) is 1. The van der Waals surface area contributed by atoms with Crippen molar-refractivity contribution in [1.29, 1.82) is 0 Å². The number of rotatable bonds is 6. The van der Waals surface area contributed by atoms with Crippen LogP contribution in [0.5, 0.6) is 0 Å². The molecule has 2 aromatic rings. The largest absolute Gasteiger partial charge is 0.466 e. The Hall–Kier alpha value is -3.07. The summed E-state index contributed by atoms with van der Waals surface area (Å²) in [6.07, 6.45) is 1.51. The molecule has 0 radical (unpaired) electrons. The highest BCUT2D eigenvalue weighted by atomic mass is 32.2. The van der Waals surface area contributed by atoms with E-state index < -0.39 is 29.9 Å². The Morgan fingerprint density at radius 3 is 2.48 bits per heavy atom. The molecular formula is C20H20N2O6S. The molecule has 1 aromatic heterocycles. The van der Waals surface area contributed by atoms with E-state index >= 15 is 0 Å². The van der Waals surface area contributed by atoms with Crippen LogP contribution in [0.4, 0.5) is 5.69 Å². The summed E-state index contributed by atoms with van der Waals surface area (Å²) in [5.41, 5.74) is 1.01. The van der Waals surface area contributed by atoms with E-state index in [1.54, 1.807) is 36.4 Å². The van der Waals surface area contributed by atoms with Crippen molar-refractivity contribution in [2.24, 2.45) is 0 Å². The average molecular weight is 416 g/mol. The summed E-state index contributed by atoms with van der Waals surface area (Å²) in [6.45, 7) is 2.35. The minimum Gasteiger partial charge on any atom is -0.466 e. The smallest absolute Gasteiger partial charge is 0.330 e. The van der Waals surface area contributed by atoms with Gasteiger partial charge in [-0.15, -0.1) is 11.8 Å². The van der Waals surface area contributed by atoms with Crippen LogP contribution in [0, 0.1) is 0 Å². The molecule has 0 bridgehead atoms. The summed E-state index contributed by atoms with van der Waals surface area (Å²) in [6, 6.07) is 9.04. The second kappa shape index (κ2) is 8.95. The van der Waals surface area contributed by atoms with Crippen molar-refractivity contribution < 1.29 is 28.3 Å². The van der Waals surface area contributed by atoms with Crippen LogP contribution in [0.1, 0.15) is 35.3 Å². The Balaban J connectivity index is 1.56. The fourth-order valence-corrected chi connectivity index (χ4v) is 4.36. The van der Waals surface area contributed by atoms with Crippen LogP contribution in [0.15, 0.2) is 47.1 Å². The molecule has 9 heteroatoms. The van der Waals surface area contributed by atoms with Crippen LogP contribution in [0.3, 0.4) is 0 Å². The lowest BCUT2D eigenvalue weighted by Gasteiger charge is -2.25. The monoisotopic (exact) mass is 416 g/mol. The summed E-state index contributed by atoms with van der Waals surface area (Å²) >= 11 is 1.40. The van der Waals surface area contributed by atoms with Crippen molar-refractivity contribution in [2.45, 2.75) is 25.3 Å². The van der Waals surface area contributed by atoms with Gasteiger partial charge in [-0.2, -0.15) is 0 Å². The van der Waals surface area contributed by atoms with E-state index in [1.165, 1.54) is 36.8 Å². The Bertz CT molecular complexity index is 910. The van der Waals surface area contributed by atoms with Gasteiger partial charge in [0.2, 0.25) is 5.91 Å². The van der Waals surface area contributed by atoms with Crippen LogP contribution in [-0.2, 0) is 19.1 Å². The standard InChI is InChI=1S/C20H20N2O6S/c1-12(23)14-5-7-15(8-6-14)21-18(25)10-28-20(26)16-11-29-19(22(16)13(2)24)17-4-3-9-27-17/h3-9,16,19H,10-11H2,1-2H3,(H,21,25)/t16-,19+/m0/s1. The minimum absolute atomic E-state index is 0.0749. The lowest BCUT2D eigenvalue weighted by atomic mass is 10.1. The van der Waals surface area contributed by atoms with E-state index in [4.69, 9.17) is 9.15 Å². The molecule has 1 fully saturated rings. The lowest BCUT2D eigenvalue weighted by Crippen LogP contribution is -2.43. The number of carbonyl (C=O) groups is 4. The zero-order valence-corrected chi connectivity index (χ0v) is 16.7. The zero-order chi connectivity index (χ0) is 21.0. The summed E-state index contributed by atoms with van der Waals surface area (Å²) in [7, 11) is 0. The van der Waals surface area contributed by atoms with Crippen LogP contribution >= 0.6 is 11.8 Å². The van der Waals surface area contributed by atoms with E-state index in [1.807, 2.05) is 0 Å². The molecule has 152 valence electrons. The summed E-state index contributed by atoms with van der Waals surface area (Å²) < 4.78 is 10.5. The van der Waals surface area contributed by atoms with Gasteiger partial charge in [-0.25, -0.2) is 4.79 Å². The number of hydrogen-bond acceptors (Lipinski definition) is 7. The van der Waals surface area contributed by atoms with Gasteiger partial charge in [0, 0.05) is 23.9 Å². The molecule has 2 heterocycles. The van der Waals surface area contributed by atoms with Crippen molar-refractivity contribution in [3.8, 4) is 0 Å². The van der Waals surface area contributed by atoms with Gasteiger partial charge < -0.3 is 19.4 Å². The molecular weight excluding hydrogens is 396 g/mol. The van der Waals surface area contributed by atoms with Gasteiger partial charge in [0.25, 0.3) is 5.91 Å². The van der Waals surface area contributed by atoms with Gasteiger partial charge >= 0.3 is 5.97 Å². The SMILES string of the molecule is CC(=O)c1ccc(NC(=O)COC(=O)[C@@H]2CS[C@H](c3ccco3)N2C(C)=O)cc1. The Morgan fingerprint density at radius 1 is 1.17 bits per heavy atom. The number of hydrogen-bond donors (Lipinski definition) is 1. The third-order valence-corrected chi connectivity index (χ3v) is 5.63. The number of nitrogens with one attached hydrogen (secondary N) is 1. The van der Waals surface area contributed by atoms with E-state index in [9.17, 15) is 19.2 Å². The van der Waals surface area contributed by atoms with E-state index in [-0.39, 0.29) is 11.7 Å². The number of carbonyl (C=O) groups excluding carboxylic acids is 4. The van der Waals surface area contributed by atoms with Crippen molar-refractivity contribution in [3.63, 3.8) is 0 Å². The first-order valence-electron chi connectivity index (χ1n) is 8.88. The van der Waals surface area contributed by atoms with Gasteiger partial charge in [0.15, 0.2) is 12.4 Å². The molecule has 0 saturated carbocycles. The van der Waals surface area contributed by atoms with E-state index in [2.05, 4.69) is 5.32 Å². The molecule has 2 atom stereocenters. The first-order chi connectivity index (χ1) is 13.9. The summed E-state index contributed by atoms with van der Waals surface area (Å²) in [5.74, 6) is -0.604. The summed E-state index contributed by atoms with van der Waals surface area (Å²) in [4.78, 5) is 49.3. The third-order valence-electron chi connectivity index (χ3n) is 4.34. The highest BCUT2D eigenvalue weighted by Crippen LogP contribution is 2.41. The number of esters is 1. The van der Waals surface area contributed by atoms with Crippen LogP contribution in [0.25, 0.3) is 0 Å². The summed E-state index contributed by atoms with van der Waals surface area (Å²) in [5, 5.41) is 2.18. The average Bonchev–Trinajstić information content (AvgIpc) is 3.35. The number of ether oxygens (including phenoxy) is 1. The maximum atomic E-state index is 12.5. The predicted molar refractivity (Wildman–Crippen MR) is 106 cm³/mol. The quantitative estimate of drug-likeness (QED) is 0.570. The first-order valence-corrected chi connectivity index (χ1v) is 9.93. The number of benzene rings is 1. The molecule has 1 aliphatic rings. The molecule has 3 rings (SSSR count). The Kier molecular flexibility index (Phi) is 6.38. The number of ketones is 1. The molecule has 0 unspecified atom stereocenters. The number of nitrogens with zero attached hydrogens (tertiary/aromatic N) is 1. The van der Waals surface area contributed by atoms with Gasteiger partial charge in [-0.1, -0.05) is 0 Å². The van der Waals surface area contributed by atoms with E-state index in [0.29, 0.717) is 22.8 Å². The van der Waals surface area contributed by atoms with Crippen molar-refractivity contribution in [1.82, 2.24) is 4.90 Å². The maximum Gasteiger partial charge on any atom is 0.330 e. The molecule has 1 N–H and O–H groups in total. The lowest BCUT2D eigenvalue weighted by molar-refractivity contribution is -0.155. The normalized spacial score (nSPS) is 18.3. The van der Waals surface area contributed by atoms with Crippen LogP contribution < -0.4 is 5.32 Å². The molecule has 2 amide bonds. The van der Waals surface area contributed by atoms with Crippen molar-refractivity contribution in [3.05, 3.63) is 54.0 Å². The first kappa shape index (κ1) is 20.7. The molecule has 8 nitrogen and oxygen atoms in total. The van der Waals surface area contributed by atoms with Gasteiger partial charge in [-0.05, 0) is 43.3 Å². The number of amides is 2. The molecule has 0 aliphatic carbocycles. The molecule has 1 aromatic carbocycles. The maximum absolute atomic E-state index is 12.5. The molecule has 1 saturated heterocycles. The molecule has 0 spiro atoms. The van der Waals surface area contributed by atoms with Gasteiger partial charge in [-0.3, -0.25) is 14.4 Å². The number of furan rings is 1.